The number of nitrogens with zero attached hydrogens (tertiary/aromatic N) is 4. The SMILES string of the molecule is FC(F)(F)c1nc2cccnc2n1CC1CCCN(Cc2ccccc2)C1. The number of benzene rings is 1. The number of likely N-dealkylation sites (tertiary alicyclic amines) is 1. The highest BCUT2D eigenvalue weighted by Gasteiger charge is 2.38. The van der Waals surface area contributed by atoms with Crippen molar-refractivity contribution >= 4 is 11.2 Å². The maximum atomic E-state index is 13.5. The molecule has 4 nitrogen and oxygen atoms in total. The van der Waals surface area contributed by atoms with Crippen LogP contribution in [0, 0.1) is 5.92 Å². The minimum Gasteiger partial charge on any atom is -0.305 e. The highest BCUT2D eigenvalue weighted by molar-refractivity contribution is 5.71. The fourth-order valence-corrected chi connectivity index (χ4v) is 3.89. The smallest absolute Gasteiger partial charge is 0.305 e. The predicted octanol–water partition coefficient (Wildman–Crippen LogP) is 4.36. The fourth-order valence-electron chi connectivity index (χ4n) is 3.89. The molecule has 3 aromatic rings. The second-order valence-corrected chi connectivity index (χ2v) is 7.12. The number of aromatic nitrogens is 3. The van der Waals surface area contributed by atoms with Gasteiger partial charge in [-0.25, -0.2) is 9.97 Å². The molecule has 27 heavy (non-hydrogen) atoms. The molecule has 1 aromatic carbocycles. The molecular weight excluding hydrogens is 353 g/mol. The maximum absolute atomic E-state index is 13.5. The Morgan fingerprint density at radius 3 is 2.67 bits per heavy atom. The molecule has 0 N–H and O–H groups in total. The lowest BCUT2D eigenvalue weighted by atomic mass is 9.97. The summed E-state index contributed by atoms with van der Waals surface area (Å²) < 4.78 is 41.7. The number of halogens is 3. The van der Waals surface area contributed by atoms with E-state index < -0.39 is 12.0 Å². The maximum Gasteiger partial charge on any atom is 0.449 e. The van der Waals surface area contributed by atoms with Gasteiger partial charge in [-0.15, -0.1) is 0 Å². The number of rotatable bonds is 4. The van der Waals surface area contributed by atoms with Crippen molar-refractivity contribution in [2.24, 2.45) is 5.92 Å². The summed E-state index contributed by atoms with van der Waals surface area (Å²) in [4.78, 5) is 10.3. The normalized spacial score (nSPS) is 18.9. The average Bonchev–Trinajstić information content (AvgIpc) is 3.02. The van der Waals surface area contributed by atoms with Gasteiger partial charge in [0.15, 0.2) is 5.65 Å². The largest absolute Gasteiger partial charge is 0.449 e. The summed E-state index contributed by atoms with van der Waals surface area (Å²) in [5.74, 6) is -0.709. The van der Waals surface area contributed by atoms with E-state index in [1.54, 1.807) is 12.1 Å². The molecule has 1 aliphatic rings. The first-order valence-corrected chi connectivity index (χ1v) is 9.15. The van der Waals surface area contributed by atoms with Gasteiger partial charge in [-0.2, -0.15) is 13.2 Å². The Bertz CT molecular complexity index is 904. The Hall–Kier alpha value is -2.41. The third kappa shape index (κ3) is 3.98. The molecule has 0 radical (unpaired) electrons. The monoisotopic (exact) mass is 374 g/mol. The van der Waals surface area contributed by atoms with Crippen molar-refractivity contribution < 1.29 is 13.2 Å². The molecule has 0 aliphatic carbocycles. The molecule has 1 atom stereocenters. The minimum atomic E-state index is -4.49. The van der Waals surface area contributed by atoms with Crippen molar-refractivity contribution in [1.82, 2.24) is 19.4 Å². The fraction of sp³-hybridized carbons (Fsp3) is 0.400. The van der Waals surface area contributed by atoms with Crippen LogP contribution in [-0.4, -0.2) is 32.5 Å². The third-order valence-corrected chi connectivity index (χ3v) is 5.05. The van der Waals surface area contributed by atoms with Crippen molar-refractivity contribution in [3.8, 4) is 0 Å². The first kappa shape index (κ1) is 18.0. The topological polar surface area (TPSA) is 34.0 Å². The summed E-state index contributed by atoms with van der Waals surface area (Å²) in [7, 11) is 0. The molecule has 0 amide bonds. The predicted molar refractivity (Wildman–Crippen MR) is 97.0 cm³/mol. The van der Waals surface area contributed by atoms with Gasteiger partial charge >= 0.3 is 6.18 Å². The second-order valence-electron chi connectivity index (χ2n) is 7.12. The van der Waals surface area contributed by atoms with Crippen molar-refractivity contribution in [3.63, 3.8) is 0 Å². The van der Waals surface area contributed by atoms with Gasteiger partial charge in [0.2, 0.25) is 5.82 Å². The van der Waals surface area contributed by atoms with Gasteiger partial charge in [0, 0.05) is 25.8 Å². The van der Waals surface area contributed by atoms with E-state index in [1.807, 2.05) is 18.2 Å². The van der Waals surface area contributed by atoms with Crippen LogP contribution < -0.4 is 0 Å². The van der Waals surface area contributed by atoms with E-state index in [2.05, 4.69) is 27.0 Å². The van der Waals surface area contributed by atoms with Crippen LogP contribution in [0.1, 0.15) is 24.2 Å². The number of hydrogen-bond acceptors (Lipinski definition) is 3. The highest BCUT2D eigenvalue weighted by Crippen LogP contribution is 2.32. The third-order valence-electron chi connectivity index (χ3n) is 5.05. The Balaban J connectivity index is 1.55. The average molecular weight is 374 g/mol. The molecule has 0 saturated carbocycles. The van der Waals surface area contributed by atoms with Crippen LogP contribution >= 0.6 is 0 Å². The van der Waals surface area contributed by atoms with Gasteiger partial charge < -0.3 is 4.57 Å². The summed E-state index contributed by atoms with van der Waals surface area (Å²) in [5, 5.41) is 0. The van der Waals surface area contributed by atoms with Crippen molar-refractivity contribution in [3.05, 3.63) is 60.0 Å². The molecule has 1 fully saturated rings. The summed E-state index contributed by atoms with van der Waals surface area (Å²) in [6.07, 6.45) is -1.07. The Kier molecular flexibility index (Phi) is 4.86. The molecular formula is C20H21F3N4. The van der Waals surface area contributed by atoms with Crippen LogP contribution in [0.5, 0.6) is 0 Å². The number of fused-ring (bicyclic) bond motifs is 1. The summed E-state index contributed by atoms with van der Waals surface area (Å²) in [5.41, 5.74) is 1.83. The van der Waals surface area contributed by atoms with Crippen LogP contribution in [0.4, 0.5) is 13.2 Å². The molecule has 7 heteroatoms. The lowest BCUT2D eigenvalue weighted by Crippen LogP contribution is -2.37. The van der Waals surface area contributed by atoms with Gasteiger partial charge in [-0.05, 0) is 43.0 Å². The first-order valence-electron chi connectivity index (χ1n) is 9.15. The zero-order valence-electron chi connectivity index (χ0n) is 14.9. The minimum absolute atomic E-state index is 0.142. The van der Waals surface area contributed by atoms with E-state index in [1.165, 1.54) is 16.3 Å². The van der Waals surface area contributed by atoms with Crippen LogP contribution in [0.25, 0.3) is 11.2 Å². The molecule has 2 aromatic heterocycles. The van der Waals surface area contributed by atoms with Crippen LogP contribution in [0.3, 0.4) is 0 Å². The highest BCUT2D eigenvalue weighted by atomic mass is 19.4. The van der Waals surface area contributed by atoms with Crippen molar-refractivity contribution in [1.29, 1.82) is 0 Å². The molecule has 1 unspecified atom stereocenters. The summed E-state index contributed by atoms with van der Waals surface area (Å²) in [6.45, 7) is 2.86. The number of pyridine rings is 1. The Morgan fingerprint density at radius 1 is 1.07 bits per heavy atom. The number of piperidine rings is 1. The lowest BCUT2D eigenvalue weighted by molar-refractivity contribution is -0.147. The van der Waals surface area contributed by atoms with Crippen LogP contribution in [0.2, 0.25) is 0 Å². The van der Waals surface area contributed by atoms with E-state index in [0.717, 1.165) is 32.5 Å². The lowest BCUT2D eigenvalue weighted by Gasteiger charge is -2.33. The van der Waals surface area contributed by atoms with Gasteiger partial charge in [0.1, 0.15) is 5.52 Å². The first-order chi connectivity index (χ1) is 13.0. The summed E-state index contributed by atoms with van der Waals surface area (Å²) >= 11 is 0. The van der Waals surface area contributed by atoms with Crippen molar-refractivity contribution in [2.45, 2.75) is 32.1 Å². The Labute approximate surface area is 155 Å². The van der Waals surface area contributed by atoms with E-state index >= 15 is 0 Å². The number of alkyl halides is 3. The molecule has 1 aliphatic heterocycles. The molecule has 0 spiro atoms. The number of imidazole rings is 1. The van der Waals surface area contributed by atoms with E-state index in [0.29, 0.717) is 11.2 Å². The zero-order chi connectivity index (χ0) is 18.9. The standard InChI is InChI=1S/C20H21F3N4/c21-20(22,23)19-25-17-9-4-10-24-18(17)27(19)14-16-8-5-11-26(13-16)12-15-6-2-1-3-7-15/h1-4,6-7,9-10,16H,5,8,11-14H2. The summed E-state index contributed by atoms with van der Waals surface area (Å²) in [6, 6.07) is 13.4. The van der Waals surface area contributed by atoms with E-state index in [-0.39, 0.29) is 12.5 Å². The van der Waals surface area contributed by atoms with Crippen LogP contribution in [-0.2, 0) is 19.3 Å². The molecule has 0 bridgehead atoms. The molecule has 4 rings (SSSR count). The van der Waals surface area contributed by atoms with Gasteiger partial charge in [0.25, 0.3) is 0 Å². The van der Waals surface area contributed by atoms with E-state index in [9.17, 15) is 13.2 Å². The van der Waals surface area contributed by atoms with Gasteiger partial charge in [-0.1, -0.05) is 30.3 Å². The molecule has 3 heterocycles. The van der Waals surface area contributed by atoms with Crippen LogP contribution in [0.15, 0.2) is 48.7 Å². The molecule has 1 saturated heterocycles. The van der Waals surface area contributed by atoms with Crippen molar-refractivity contribution in [2.75, 3.05) is 13.1 Å². The quantitative estimate of drug-likeness (QED) is 0.680. The van der Waals surface area contributed by atoms with E-state index in [4.69, 9.17) is 0 Å². The van der Waals surface area contributed by atoms with Gasteiger partial charge in [-0.3, -0.25) is 4.90 Å². The zero-order valence-corrected chi connectivity index (χ0v) is 14.9. The Morgan fingerprint density at radius 2 is 1.89 bits per heavy atom. The molecule has 142 valence electrons. The van der Waals surface area contributed by atoms with Gasteiger partial charge in [0.05, 0.1) is 0 Å². The number of hydrogen-bond donors (Lipinski definition) is 0. The second kappa shape index (κ2) is 7.31.